The van der Waals surface area contributed by atoms with Gasteiger partial charge in [0.15, 0.2) is 11.5 Å². The Hall–Kier alpha value is -4.26. The zero-order valence-electron chi connectivity index (χ0n) is 17.2. The molecule has 32 heavy (non-hydrogen) atoms. The van der Waals surface area contributed by atoms with Gasteiger partial charge in [-0.1, -0.05) is 42.5 Å². The van der Waals surface area contributed by atoms with Gasteiger partial charge in [-0.05, 0) is 35.9 Å². The Morgan fingerprint density at radius 3 is 2.56 bits per heavy atom. The molecule has 2 aliphatic heterocycles. The lowest BCUT2D eigenvalue weighted by Gasteiger charge is -2.36. The van der Waals surface area contributed by atoms with Crippen LogP contribution in [-0.2, 0) is 7.05 Å². The molecule has 0 saturated heterocycles. The molecule has 0 bridgehead atoms. The van der Waals surface area contributed by atoms with E-state index in [9.17, 15) is 9.59 Å². The molecule has 0 saturated carbocycles. The number of fused-ring (bicyclic) bond motifs is 4. The number of para-hydroxylation sites is 1. The molecule has 6 rings (SSSR count). The Labute approximate surface area is 183 Å². The van der Waals surface area contributed by atoms with Crippen molar-refractivity contribution in [3.05, 3.63) is 95.2 Å². The molecular weight excluding hydrogens is 406 g/mol. The first-order chi connectivity index (χ1) is 15.6. The van der Waals surface area contributed by atoms with Gasteiger partial charge < -0.3 is 14.0 Å². The minimum Gasteiger partial charge on any atom is -0.454 e. The molecular formula is C25H19N3O4. The average Bonchev–Trinajstić information content (AvgIpc) is 3.42. The summed E-state index contributed by atoms with van der Waals surface area (Å²) >= 11 is 0. The van der Waals surface area contributed by atoms with Crippen LogP contribution in [0.15, 0.2) is 72.8 Å². The molecule has 4 aromatic rings. The smallest absolute Gasteiger partial charge is 0.273 e. The monoisotopic (exact) mass is 425 g/mol. The molecule has 0 aliphatic carbocycles. The van der Waals surface area contributed by atoms with Gasteiger partial charge in [0.1, 0.15) is 6.04 Å². The van der Waals surface area contributed by atoms with Gasteiger partial charge >= 0.3 is 0 Å². The van der Waals surface area contributed by atoms with Gasteiger partial charge in [-0.2, -0.15) is 0 Å². The van der Waals surface area contributed by atoms with Crippen molar-refractivity contribution in [1.82, 2.24) is 15.0 Å². The standard InChI is InChI=1S/C25H19N3O4/c1-27-18-10-6-5-9-17(18)21-23(27)22(16-11-12-19-20(13-16)32-14-31-19)28(26-24(21)29)25(30)15-7-3-2-4-8-15/h2-13,22H,14H2,1H3,(H,26,29). The molecule has 7 nitrogen and oxygen atoms in total. The second kappa shape index (κ2) is 6.88. The minimum atomic E-state index is -0.553. The van der Waals surface area contributed by atoms with Gasteiger partial charge in [0.25, 0.3) is 11.8 Å². The van der Waals surface area contributed by atoms with Crippen molar-refractivity contribution in [2.24, 2.45) is 7.05 Å². The number of ether oxygens (including phenoxy) is 2. The summed E-state index contributed by atoms with van der Waals surface area (Å²) in [6, 6.07) is 21.7. The van der Waals surface area contributed by atoms with Crippen molar-refractivity contribution in [2.75, 3.05) is 6.79 Å². The Morgan fingerprint density at radius 2 is 1.72 bits per heavy atom. The normalized spacial score (nSPS) is 16.7. The number of rotatable bonds is 2. The van der Waals surface area contributed by atoms with Gasteiger partial charge in [0.05, 0.1) is 11.3 Å². The van der Waals surface area contributed by atoms with Crippen molar-refractivity contribution >= 4 is 22.7 Å². The number of aromatic nitrogens is 1. The van der Waals surface area contributed by atoms with Crippen molar-refractivity contribution in [2.45, 2.75) is 6.04 Å². The van der Waals surface area contributed by atoms with E-state index in [2.05, 4.69) is 5.43 Å². The van der Waals surface area contributed by atoms with Crippen LogP contribution in [0.2, 0.25) is 0 Å². The molecule has 1 unspecified atom stereocenters. The van der Waals surface area contributed by atoms with E-state index in [1.54, 1.807) is 24.3 Å². The number of hydrogen-bond acceptors (Lipinski definition) is 4. The molecule has 1 aromatic heterocycles. The van der Waals surface area contributed by atoms with Crippen LogP contribution in [0.5, 0.6) is 11.5 Å². The van der Waals surface area contributed by atoms with Crippen LogP contribution in [0, 0.1) is 0 Å². The topological polar surface area (TPSA) is 72.8 Å². The third kappa shape index (κ3) is 2.61. The van der Waals surface area contributed by atoms with Crippen LogP contribution in [0.1, 0.15) is 38.0 Å². The highest BCUT2D eigenvalue weighted by molar-refractivity contribution is 6.11. The maximum absolute atomic E-state index is 13.5. The highest BCUT2D eigenvalue weighted by Crippen LogP contribution is 2.42. The molecule has 0 radical (unpaired) electrons. The predicted molar refractivity (Wildman–Crippen MR) is 117 cm³/mol. The van der Waals surface area contributed by atoms with Crippen LogP contribution < -0.4 is 14.9 Å². The quantitative estimate of drug-likeness (QED) is 0.530. The molecule has 1 N–H and O–H groups in total. The first-order valence-corrected chi connectivity index (χ1v) is 10.3. The Bertz CT molecular complexity index is 1390. The largest absolute Gasteiger partial charge is 0.454 e. The zero-order chi connectivity index (χ0) is 21.8. The van der Waals surface area contributed by atoms with E-state index in [-0.39, 0.29) is 18.6 Å². The summed E-state index contributed by atoms with van der Waals surface area (Å²) in [6.07, 6.45) is 0. The molecule has 0 fully saturated rings. The van der Waals surface area contributed by atoms with E-state index in [0.29, 0.717) is 22.6 Å². The van der Waals surface area contributed by atoms with E-state index in [1.807, 2.05) is 60.1 Å². The van der Waals surface area contributed by atoms with Gasteiger partial charge in [-0.3, -0.25) is 15.0 Å². The average molecular weight is 425 g/mol. The first-order valence-electron chi connectivity index (χ1n) is 10.3. The number of carbonyl (C=O) groups is 2. The van der Waals surface area contributed by atoms with Crippen molar-refractivity contribution in [3.8, 4) is 11.5 Å². The molecule has 2 amide bonds. The third-order valence-corrected chi connectivity index (χ3v) is 6.07. The summed E-state index contributed by atoms with van der Waals surface area (Å²) in [5, 5.41) is 2.26. The highest BCUT2D eigenvalue weighted by Gasteiger charge is 2.40. The van der Waals surface area contributed by atoms with Crippen LogP contribution in [0.3, 0.4) is 0 Å². The molecule has 2 aliphatic rings. The van der Waals surface area contributed by atoms with E-state index in [4.69, 9.17) is 9.47 Å². The first kappa shape index (κ1) is 18.5. The van der Waals surface area contributed by atoms with E-state index < -0.39 is 6.04 Å². The molecule has 0 spiro atoms. The van der Waals surface area contributed by atoms with Gasteiger partial charge in [0.2, 0.25) is 6.79 Å². The predicted octanol–water partition coefficient (Wildman–Crippen LogP) is 3.80. The Balaban J connectivity index is 1.59. The van der Waals surface area contributed by atoms with Crippen molar-refractivity contribution in [3.63, 3.8) is 0 Å². The molecule has 7 heteroatoms. The van der Waals surface area contributed by atoms with Crippen LogP contribution >= 0.6 is 0 Å². The van der Waals surface area contributed by atoms with Gasteiger partial charge in [-0.15, -0.1) is 0 Å². The number of nitrogens with one attached hydrogen (secondary N) is 1. The number of benzene rings is 3. The molecule has 1 atom stereocenters. The van der Waals surface area contributed by atoms with E-state index >= 15 is 0 Å². The van der Waals surface area contributed by atoms with Crippen LogP contribution in [0.25, 0.3) is 10.9 Å². The van der Waals surface area contributed by atoms with E-state index in [1.165, 1.54) is 5.01 Å². The number of amides is 2. The lowest BCUT2D eigenvalue weighted by molar-refractivity contribution is 0.0478. The third-order valence-electron chi connectivity index (χ3n) is 6.07. The minimum absolute atomic E-state index is 0.159. The number of hydrazine groups is 1. The zero-order valence-corrected chi connectivity index (χ0v) is 17.2. The lowest BCUT2D eigenvalue weighted by Crippen LogP contribution is -2.52. The Kier molecular flexibility index (Phi) is 3.98. The second-order valence-corrected chi connectivity index (χ2v) is 7.83. The van der Waals surface area contributed by atoms with Crippen molar-refractivity contribution < 1.29 is 19.1 Å². The fraction of sp³-hybridized carbons (Fsp3) is 0.120. The number of nitrogens with zero attached hydrogens (tertiary/aromatic N) is 2. The summed E-state index contributed by atoms with van der Waals surface area (Å²) in [7, 11) is 1.92. The fourth-order valence-corrected chi connectivity index (χ4v) is 4.60. The summed E-state index contributed by atoms with van der Waals surface area (Å²) in [4.78, 5) is 26.8. The molecule has 158 valence electrons. The molecule has 3 heterocycles. The summed E-state index contributed by atoms with van der Waals surface area (Å²) < 4.78 is 13.0. The maximum Gasteiger partial charge on any atom is 0.273 e. The highest BCUT2D eigenvalue weighted by atomic mass is 16.7. The van der Waals surface area contributed by atoms with Crippen molar-refractivity contribution in [1.29, 1.82) is 0 Å². The van der Waals surface area contributed by atoms with Crippen LogP contribution in [0.4, 0.5) is 0 Å². The fourth-order valence-electron chi connectivity index (χ4n) is 4.60. The summed E-state index contributed by atoms with van der Waals surface area (Å²) in [5.41, 5.74) is 6.39. The molecule has 3 aromatic carbocycles. The van der Waals surface area contributed by atoms with Gasteiger partial charge in [0, 0.05) is 23.5 Å². The van der Waals surface area contributed by atoms with Crippen LogP contribution in [-0.4, -0.2) is 28.2 Å². The Morgan fingerprint density at radius 1 is 0.969 bits per heavy atom. The SMILES string of the molecule is Cn1c2c(c3ccccc31)C(=O)NN(C(=O)c1ccccc1)C2c1ccc2c(c1)OCO2. The second-order valence-electron chi connectivity index (χ2n) is 7.83. The maximum atomic E-state index is 13.5. The van der Waals surface area contributed by atoms with Gasteiger partial charge in [-0.25, -0.2) is 5.01 Å². The number of aryl methyl sites for hydroxylation is 1. The number of hydrogen-bond donors (Lipinski definition) is 1. The summed E-state index contributed by atoms with van der Waals surface area (Å²) in [5.74, 6) is 0.675. The lowest BCUT2D eigenvalue weighted by atomic mass is 9.95. The summed E-state index contributed by atoms with van der Waals surface area (Å²) in [6.45, 7) is 0.159. The number of carbonyl (C=O) groups excluding carboxylic acids is 2. The van der Waals surface area contributed by atoms with E-state index in [0.717, 1.165) is 22.2 Å².